The van der Waals surface area contributed by atoms with E-state index in [1.165, 1.54) is 22.4 Å². The molecule has 1 aliphatic rings. The Labute approximate surface area is 165 Å². The van der Waals surface area contributed by atoms with Crippen molar-refractivity contribution in [2.45, 2.75) is 39.7 Å². The predicted molar refractivity (Wildman–Crippen MR) is 109 cm³/mol. The van der Waals surface area contributed by atoms with Gasteiger partial charge in [0.05, 0.1) is 17.3 Å². The summed E-state index contributed by atoms with van der Waals surface area (Å²) in [4.78, 5) is 28.9. The van der Waals surface area contributed by atoms with Gasteiger partial charge in [-0.2, -0.15) is 5.10 Å². The molecule has 1 N–H and O–H groups in total. The van der Waals surface area contributed by atoms with Crippen LogP contribution in [0.2, 0.25) is 0 Å². The van der Waals surface area contributed by atoms with Gasteiger partial charge in [0.25, 0.3) is 5.56 Å². The molecule has 0 saturated heterocycles. The number of halogens is 1. The molecule has 0 fully saturated rings. The van der Waals surface area contributed by atoms with E-state index in [-0.39, 0.29) is 23.7 Å². The zero-order valence-corrected chi connectivity index (χ0v) is 16.7. The number of aromatic amines is 1. The highest BCUT2D eigenvalue weighted by Gasteiger charge is 2.35. The van der Waals surface area contributed by atoms with Crippen LogP contribution in [-0.4, -0.2) is 21.6 Å². The van der Waals surface area contributed by atoms with Crippen LogP contribution in [0.3, 0.4) is 0 Å². The minimum atomic E-state index is -0.556. The van der Waals surface area contributed by atoms with Crippen molar-refractivity contribution in [1.82, 2.24) is 9.99 Å². The number of aryl methyl sites for hydroxylation is 2. The fourth-order valence-corrected chi connectivity index (χ4v) is 4.56. The van der Waals surface area contributed by atoms with E-state index in [9.17, 15) is 14.0 Å². The number of hydrogen-bond acceptors (Lipinski definition) is 4. The summed E-state index contributed by atoms with van der Waals surface area (Å²) in [7, 11) is 0. The summed E-state index contributed by atoms with van der Waals surface area (Å²) in [5.41, 5.74) is 2.79. The average molecular weight is 397 g/mol. The number of pyridine rings is 1. The lowest BCUT2D eigenvalue weighted by Crippen LogP contribution is -2.26. The third-order valence-electron chi connectivity index (χ3n) is 5.17. The van der Waals surface area contributed by atoms with Gasteiger partial charge in [0.2, 0.25) is 5.91 Å². The van der Waals surface area contributed by atoms with Crippen LogP contribution in [0, 0.1) is 19.7 Å². The fraction of sp³-hybridized carbons (Fsp3) is 0.286. The number of rotatable bonds is 3. The van der Waals surface area contributed by atoms with Crippen LogP contribution in [0.25, 0.3) is 10.2 Å². The van der Waals surface area contributed by atoms with Crippen molar-refractivity contribution in [2.75, 3.05) is 0 Å². The Morgan fingerprint density at radius 2 is 2.14 bits per heavy atom. The van der Waals surface area contributed by atoms with Crippen LogP contribution in [0.5, 0.6) is 0 Å². The van der Waals surface area contributed by atoms with E-state index in [1.54, 1.807) is 13.0 Å². The van der Waals surface area contributed by atoms with Gasteiger partial charge in [0, 0.05) is 23.8 Å². The van der Waals surface area contributed by atoms with Crippen LogP contribution in [0.1, 0.15) is 48.1 Å². The Balaban J connectivity index is 1.83. The van der Waals surface area contributed by atoms with Crippen LogP contribution in [0.4, 0.5) is 4.39 Å². The van der Waals surface area contributed by atoms with Crippen LogP contribution in [-0.2, 0) is 4.79 Å². The van der Waals surface area contributed by atoms with Gasteiger partial charge in [-0.05, 0) is 42.5 Å². The molecule has 5 nitrogen and oxygen atoms in total. The molecule has 1 aliphatic heterocycles. The number of H-pyrrole nitrogens is 1. The Morgan fingerprint density at radius 1 is 1.36 bits per heavy atom. The van der Waals surface area contributed by atoms with E-state index in [0.29, 0.717) is 23.3 Å². The summed E-state index contributed by atoms with van der Waals surface area (Å²) in [6, 6.07) is 6.37. The van der Waals surface area contributed by atoms with Gasteiger partial charge < -0.3 is 4.98 Å². The lowest BCUT2D eigenvalue weighted by Gasteiger charge is -2.22. The van der Waals surface area contributed by atoms with E-state index >= 15 is 0 Å². The van der Waals surface area contributed by atoms with Crippen molar-refractivity contribution in [1.29, 1.82) is 0 Å². The number of aromatic nitrogens is 1. The number of fused-ring (bicyclic) bond motifs is 1. The molecule has 1 aromatic carbocycles. The number of benzene rings is 1. The molecular weight excluding hydrogens is 377 g/mol. The Hall–Kier alpha value is -2.80. The van der Waals surface area contributed by atoms with Crippen LogP contribution in [0.15, 0.2) is 39.5 Å². The SMILES string of the molecule is CCC(=O)N1N=C(c2c(C)c3ccsc3[nH]c2=O)C[C@@H]1c1ccc(C)cc1F. The van der Waals surface area contributed by atoms with Crippen LogP contribution < -0.4 is 5.56 Å². The number of carbonyl (C=O) groups excluding carboxylic acids is 1. The number of amides is 1. The molecule has 4 rings (SSSR count). The highest BCUT2D eigenvalue weighted by Crippen LogP contribution is 2.35. The first-order valence-electron chi connectivity index (χ1n) is 9.16. The molecule has 144 valence electrons. The van der Waals surface area contributed by atoms with E-state index in [2.05, 4.69) is 10.1 Å². The second kappa shape index (κ2) is 6.98. The van der Waals surface area contributed by atoms with E-state index < -0.39 is 6.04 Å². The number of hydrogen-bond donors (Lipinski definition) is 1. The minimum absolute atomic E-state index is 0.203. The number of carbonyl (C=O) groups is 1. The lowest BCUT2D eigenvalue weighted by atomic mass is 9.95. The molecule has 3 aromatic rings. The summed E-state index contributed by atoms with van der Waals surface area (Å²) in [5, 5.41) is 8.69. The Morgan fingerprint density at radius 3 is 2.86 bits per heavy atom. The maximum atomic E-state index is 14.6. The molecule has 0 saturated carbocycles. The maximum Gasteiger partial charge on any atom is 0.258 e. The molecule has 0 radical (unpaired) electrons. The van der Waals surface area contributed by atoms with Gasteiger partial charge in [0.15, 0.2) is 0 Å². The molecule has 3 heterocycles. The summed E-state index contributed by atoms with van der Waals surface area (Å²) in [6.45, 7) is 5.44. The van der Waals surface area contributed by atoms with Gasteiger partial charge in [0.1, 0.15) is 10.6 Å². The van der Waals surface area contributed by atoms with Crippen molar-refractivity contribution >= 4 is 33.2 Å². The van der Waals surface area contributed by atoms with E-state index in [0.717, 1.165) is 21.3 Å². The molecule has 28 heavy (non-hydrogen) atoms. The molecule has 0 unspecified atom stereocenters. The van der Waals surface area contributed by atoms with Crippen molar-refractivity contribution in [3.05, 3.63) is 68.1 Å². The largest absolute Gasteiger partial charge is 0.313 e. The summed E-state index contributed by atoms with van der Waals surface area (Å²) in [5.74, 6) is -0.570. The van der Waals surface area contributed by atoms with Gasteiger partial charge in [-0.15, -0.1) is 11.3 Å². The van der Waals surface area contributed by atoms with Gasteiger partial charge in [-0.1, -0.05) is 19.1 Å². The number of nitrogens with zero attached hydrogens (tertiary/aromatic N) is 2. The first kappa shape index (κ1) is 18.6. The lowest BCUT2D eigenvalue weighted by molar-refractivity contribution is -0.132. The monoisotopic (exact) mass is 397 g/mol. The molecule has 2 aromatic heterocycles. The zero-order valence-electron chi connectivity index (χ0n) is 15.9. The molecule has 1 amide bonds. The summed E-state index contributed by atoms with van der Waals surface area (Å²) < 4.78 is 14.6. The van der Waals surface area contributed by atoms with Crippen molar-refractivity contribution in [3.63, 3.8) is 0 Å². The zero-order chi connectivity index (χ0) is 20.0. The highest BCUT2D eigenvalue weighted by molar-refractivity contribution is 7.16. The standard InChI is InChI=1S/C21H20FN3O2S/c1-4-18(26)25-17(14-6-5-11(2)9-15(14)22)10-16(24-25)19-12(3)13-7-8-28-21(13)23-20(19)27/h5-9,17H,4,10H2,1-3H3,(H,23,27)/t17-/m1/s1. The van der Waals surface area contributed by atoms with E-state index in [4.69, 9.17) is 0 Å². The van der Waals surface area contributed by atoms with Crippen LogP contribution >= 0.6 is 11.3 Å². The maximum absolute atomic E-state index is 14.6. The topological polar surface area (TPSA) is 65.5 Å². The number of hydrazone groups is 1. The van der Waals surface area contributed by atoms with Gasteiger partial charge in [-0.25, -0.2) is 9.40 Å². The quantitative estimate of drug-likeness (QED) is 0.710. The summed E-state index contributed by atoms with van der Waals surface area (Å²) >= 11 is 1.47. The van der Waals surface area contributed by atoms with Gasteiger partial charge in [-0.3, -0.25) is 9.59 Å². The molecule has 0 aliphatic carbocycles. The van der Waals surface area contributed by atoms with Gasteiger partial charge >= 0.3 is 0 Å². The normalized spacial score (nSPS) is 16.6. The number of nitrogens with one attached hydrogen (secondary N) is 1. The first-order chi connectivity index (χ1) is 13.4. The minimum Gasteiger partial charge on any atom is -0.313 e. The van der Waals surface area contributed by atoms with Crippen molar-refractivity contribution < 1.29 is 9.18 Å². The molecule has 1 atom stereocenters. The average Bonchev–Trinajstić information content (AvgIpc) is 3.28. The second-order valence-electron chi connectivity index (χ2n) is 7.00. The third-order valence-corrected chi connectivity index (χ3v) is 6.00. The van der Waals surface area contributed by atoms with Crippen molar-refractivity contribution in [2.24, 2.45) is 5.10 Å². The smallest absolute Gasteiger partial charge is 0.258 e. The second-order valence-corrected chi connectivity index (χ2v) is 7.92. The molecular formula is C21H20FN3O2S. The Kier molecular flexibility index (Phi) is 4.63. The summed E-state index contributed by atoms with van der Waals surface area (Å²) in [6.07, 6.45) is 0.547. The Bertz CT molecular complexity index is 1180. The number of thiophene rings is 1. The molecule has 0 spiro atoms. The first-order valence-corrected chi connectivity index (χ1v) is 10.0. The third kappa shape index (κ3) is 2.96. The molecule has 0 bridgehead atoms. The van der Waals surface area contributed by atoms with Crippen molar-refractivity contribution in [3.8, 4) is 0 Å². The highest BCUT2D eigenvalue weighted by atomic mass is 32.1. The fourth-order valence-electron chi connectivity index (χ4n) is 3.72. The predicted octanol–water partition coefficient (Wildman–Crippen LogP) is 4.43. The molecule has 7 heteroatoms. The van der Waals surface area contributed by atoms with E-state index in [1.807, 2.05) is 31.4 Å².